The van der Waals surface area contributed by atoms with Gasteiger partial charge in [-0.05, 0) is 35.7 Å². The zero-order valence-corrected chi connectivity index (χ0v) is 14.9. The Hall–Kier alpha value is -2.41. The van der Waals surface area contributed by atoms with E-state index in [9.17, 15) is 4.79 Å². The van der Waals surface area contributed by atoms with Gasteiger partial charge in [-0.1, -0.05) is 29.3 Å². The van der Waals surface area contributed by atoms with Crippen LogP contribution in [0.2, 0.25) is 10.0 Å². The summed E-state index contributed by atoms with van der Waals surface area (Å²) in [6.45, 7) is 0. The molecule has 0 aliphatic carbocycles. The maximum absolute atomic E-state index is 12.6. The molecule has 25 heavy (non-hydrogen) atoms. The first-order chi connectivity index (χ1) is 12.1. The molecular formula is C17H10Cl2N4OS. The second-order valence-corrected chi connectivity index (χ2v) is 7.05. The lowest BCUT2D eigenvalue weighted by Crippen LogP contribution is -2.12. The summed E-state index contributed by atoms with van der Waals surface area (Å²) in [7, 11) is 0. The van der Waals surface area contributed by atoms with Gasteiger partial charge in [0.25, 0.3) is 5.56 Å². The van der Waals surface area contributed by atoms with E-state index in [0.717, 1.165) is 10.4 Å². The third-order valence-electron chi connectivity index (χ3n) is 3.52. The third-order valence-corrected chi connectivity index (χ3v) is 4.86. The maximum Gasteiger partial charge on any atom is 0.262 e. The minimum atomic E-state index is -0.267. The lowest BCUT2D eigenvalue weighted by Gasteiger charge is -2.08. The normalized spacial score (nSPS) is 11.0. The van der Waals surface area contributed by atoms with E-state index in [1.54, 1.807) is 35.7 Å². The van der Waals surface area contributed by atoms with Crippen molar-refractivity contribution in [3.8, 4) is 10.4 Å². The Labute approximate surface area is 156 Å². The van der Waals surface area contributed by atoms with Crippen molar-refractivity contribution >= 4 is 57.2 Å². The van der Waals surface area contributed by atoms with Gasteiger partial charge >= 0.3 is 0 Å². The van der Waals surface area contributed by atoms with Crippen molar-refractivity contribution < 1.29 is 0 Å². The van der Waals surface area contributed by atoms with Crippen LogP contribution in [0.25, 0.3) is 21.5 Å². The topological polar surface area (TPSA) is 70.7 Å². The molecule has 0 fully saturated rings. The highest BCUT2D eigenvalue weighted by Crippen LogP contribution is 2.29. The number of H-pyrrole nitrogens is 1. The molecule has 5 nitrogen and oxygen atoms in total. The fourth-order valence-corrected chi connectivity index (χ4v) is 3.81. The van der Waals surface area contributed by atoms with Gasteiger partial charge in [-0.3, -0.25) is 9.78 Å². The molecule has 3 heterocycles. The molecule has 0 atom stereocenters. The first kappa shape index (κ1) is 16.1. The summed E-state index contributed by atoms with van der Waals surface area (Å²) in [6, 6.07) is 10.7. The van der Waals surface area contributed by atoms with Gasteiger partial charge in [0.2, 0.25) is 5.95 Å². The van der Waals surface area contributed by atoms with Crippen LogP contribution in [0, 0.1) is 0 Å². The number of aromatic amines is 1. The molecule has 0 unspecified atom stereocenters. The van der Waals surface area contributed by atoms with E-state index in [0.29, 0.717) is 26.8 Å². The fourth-order valence-electron chi connectivity index (χ4n) is 2.52. The predicted molar refractivity (Wildman–Crippen MR) is 103 cm³/mol. The molecule has 4 aromatic rings. The highest BCUT2D eigenvalue weighted by molar-refractivity contribution is 7.13. The number of anilines is 2. The average molecular weight is 389 g/mol. The van der Waals surface area contributed by atoms with Crippen molar-refractivity contribution in [2.75, 3.05) is 5.32 Å². The van der Waals surface area contributed by atoms with Crippen molar-refractivity contribution in [2.45, 2.75) is 0 Å². The van der Waals surface area contributed by atoms with E-state index >= 15 is 0 Å². The molecule has 124 valence electrons. The molecular weight excluding hydrogens is 379 g/mol. The number of thiophene rings is 1. The highest BCUT2D eigenvalue weighted by atomic mass is 35.5. The standard InChI is InChI=1S/C17H10Cl2N4OS/c18-9-6-10(19)8-11(7-9)21-17-22-15-14(16(24)23-17)12(3-4-20-15)13-2-1-5-25-13/h1-8H,(H2,20,21,22,23,24). The summed E-state index contributed by atoms with van der Waals surface area (Å²) in [5.74, 6) is 0.270. The van der Waals surface area contributed by atoms with Gasteiger partial charge in [-0.2, -0.15) is 4.98 Å². The van der Waals surface area contributed by atoms with Crippen molar-refractivity contribution in [1.82, 2.24) is 15.0 Å². The number of pyridine rings is 1. The molecule has 0 amide bonds. The smallest absolute Gasteiger partial charge is 0.262 e. The van der Waals surface area contributed by atoms with Gasteiger partial charge in [-0.25, -0.2) is 4.98 Å². The van der Waals surface area contributed by atoms with Crippen molar-refractivity contribution in [2.24, 2.45) is 0 Å². The van der Waals surface area contributed by atoms with E-state index in [1.165, 1.54) is 0 Å². The summed E-state index contributed by atoms with van der Waals surface area (Å²) >= 11 is 13.5. The quantitative estimate of drug-likeness (QED) is 0.512. The number of benzene rings is 1. The van der Waals surface area contributed by atoms with Crippen LogP contribution in [-0.2, 0) is 0 Å². The molecule has 8 heteroatoms. The first-order valence-electron chi connectivity index (χ1n) is 7.26. The molecule has 0 aliphatic heterocycles. The van der Waals surface area contributed by atoms with Crippen LogP contribution in [0.5, 0.6) is 0 Å². The molecule has 0 saturated carbocycles. The van der Waals surface area contributed by atoms with Gasteiger partial charge in [0, 0.05) is 32.4 Å². The number of hydrogen-bond donors (Lipinski definition) is 2. The molecule has 3 aromatic heterocycles. The van der Waals surface area contributed by atoms with Gasteiger partial charge in [0.1, 0.15) is 0 Å². The molecule has 1 aromatic carbocycles. The van der Waals surface area contributed by atoms with Crippen LogP contribution >= 0.6 is 34.5 Å². The molecule has 0 aliphatic rings. The zero-order chi connectivity index (χ0) is 17.4. The summed E-state index contributed by atoms with van der Waals surface area (Å²) in [6.07, 6.45) is 1.64. The number of nitrogens with zero attached hydrogens (tertiary/aromatic N) is 2. The van der Waals surface area contributed by atoms with Crippen LogP contribution < -0.4 is 10.9 Å². The number of hydrogen-bond acceptors (Lipinski definition) is 5. The Morgan fingerprint density at radius 1 is 1.12 bits per heavy atom. The SMILES string of the molecule is O=c1[nH]c(Nc2cc(Cl)cc(Cl)c2)nc2nccc(-c3cccs3)c12. The third kappa shape index (κ3) is 3.24. The zero-order valence-electron chi connectivity index (χ0n) is 12.6. The van der Waals surface area contributed by atoms with Crippen molar-refractivity contribution in [3.05, 3.63) is 68.4 Å². The van der Waals surface area contributed by atoms with E-state index in [-0.39, 0.29) is 11.5 Å². The van der Waals surface area contributed by atoms with E-state index in [4.69, 9.17) is 23.2 Å². The average Bonchev–Trinajstić information content (AvgIpc) is 3.07. The van der Waals surface area contributed by atoms with Crippen LogP contribution in [0.4, 0.5) is 11.6 Å². The Bertz CT molecular complexity index is 1110. The van der Waals surface area contributed by atoms with Crippen LogP contribution in [-0.4, -0.2) is 15.0 Å². The van der Waals surface area contributed by atoms with E-state index in [2.05, 4.69) is 20.3 Å². The van der Waals surface area contributed by atoms with Crippen LogP contribution in [0.3, 0.4) is 0 Å². The number of nitrogens with one attached hydrogen (secondary N) is 2. The summed E-state index contributed by atoms with van der Waals surface area (Å²) in [5.41, 5.74) is 1.53. The number of aromatic nitrogens is 3. The fraction of sp³-hybridized carbons (Fsp3) is 0. The Balaban J connectivity index is 1.82. The number of rotatable bonds is 3. The largest absolute Gasteiger partial charge is 0.326 e. The molecule has 2 N–H and O–H groups in total. The van der Waals surface area contributed by atoms with E-state index < -0.39 is 0 Å². The molecule has 0 saturated heterocycles. The summed E-state index contributed by atoms with van der Waals surface area (Å²) < 4.78 is 0. The van der Waals surface area contributed by atoms with Gasteiger partial charge < -0.3 is 5.32 Å². The first-order valence-corrected chi connectivity index (χ1v) is 8.90. The highest BCUT2D eigenvalue weighted by Gasteiger charge is 2.12. The monoisotopic (exact) mass is 388 g/mol. The number of halogens is 2. The summed E-state index contributed by atoms with van der Waals surface area (Å²) in [5, 5.41) is 6.38. The lowest BCUT2D eigenvalue weighted by molar-refractivity contribution is 1.14. The lowest BCUT2D eigenvalue weighted by atomic mass is 10.1. The minimum Gasteiger partial charge on any atom is -0.326 e. The van der Waals surface area contributed by atoms with Gasteiger partial charge in [0.05, 0.1) is 5.39 Å². The molecule has 0 bridgehead atoms. The maximum atomic E-state index is 12.6. The van der Waals surface area contributed by atoms with Crippen LogP contribution in [0.1, 0.15) is 0 Å². The van der Waals surface area contributed by atoms with E-state index in [1.807, 2.05) is 23.6 Å². The van der Waals surface area contributed by atoms with Gasteiger partial charge in [0.15, 0.2) is 5.65 Å². The minimum absolute atomic E-state index is 0.267. The Morgan fingerprint density at radius 2 is 1.92 bits per heavy atom. The summed E-state index contributed by atoms with van der Waals surface area (Å²) in [4.78, 5) is 25.0. The second kappa shape index (κ2) is 6.48. The van der Waals surface area contributed by atoms with Gasteiger partial charge in [-0.15, -0.1) is 11.3 Å². The number of fused-ring (bicyclic) bond motifs is 1. The Morgan fingerprint density at radius 3 is 2.64 bits per heavy atom. The second-order valence-electron chi connectivity index (χ2n) is 5.23. The predicted octanol–water partition coefficient (Wildman–Crippen LogP) is 5.10. The molecule has 0 radical (unpaired) electrons. The van der Waals surface area contributed by atoms with Crippen LogP contribution in [0.15, 0.2) is 52.8 Å². The van der Waals surface area contributed by atoms with Crippen molar-refractivity contribution in [3.63, 3.8) is 0 Å². The molecule has 4 rings (SSSR count). The molecule has 0 spiro atoms. The Kier molecular flexibility index (Phi) is 4.17. The van der Waals surface area contributed by atoms with Crippen molar-refractivity contribution in [1.29, 1.82) is 0 Å².